The maximum Gasteiger partial charge on any atom is 0.269 e. The quantitative estimate of drug-likeness (QED) is 0.478. The minimum Gasteiger partial charge on any atom is -0.497 e. The minimum atomic E-state index is -0.443. The summed E-state index contributed by atoms with van der Waals surface area (Å²) in [7, 11) is 1.57. The van der Waals surface area contributed by atoms with Gasteiger partial charge in [-0.2, -0.15) is 0 Å². The van der Waals surface area contributed by atoms with Crippen molar-refractivity contribution in [3.63, 3.8) is 0 Å². The number of ether oxygens (including phenoxy) is 1. The molecular weight excluding hydrogens is 348 g/mol. The number of benzene rings is 2. The molecule has 0 N–H and O–H groups in total. The molecule has 0 aliphatic rings. The zero-order valence-corrected chi connectivity index (χ0v) is 15.4. The molecule has 0 spiro atoms. The summed E-state index contributed by atoms with van der Waals surface area (Å²) in [5, 5.41) is 11.7. The van der Waals surface area contributed by atoms with E-state index in [1.807, 2.05) is 6.92 Å². The fourth-order valence-electron chi connectivity index (χ4n) is 3.07. The van der Waals surface area contributed by atoms with Crippen LogP contribution in [0.3, 0.4) is 0 Å². The van der Waals surface area contributed by atoms with Gasteiger partial charge < -0.3 is 14.1 Å². The third-order valence-electron chi connectivity index (χ3n) is 4.45. The van der Waals surface area contributed by atoms with Gasteiger partial charge in [0.2, 0.25) is 0 Å². The summed E-state index contributed by atoms with van der Waals surface area (Å²) < 4.78 is 11.0. The molecule has 0 unspecified atom stereocenters. The summed E-state index contributed by atoms with van der Waals surface area (Å²) >= 11 is 0. The number of hydrogen-bond donors (Lipinski definition) is 0. The molecule has 3 aromatic rings. The number of methoxy groups -OCH3 is 1. The standard InChI is InChI=1S/C20H20N2O5/c1-4-21(12-14-6-5-7-15(10-14)22(24)25)20(23)19-13(2)27-18-9-8-16(26-3)11-17(18)19/h5-11H,4,12H2,1-3H3. The molecule has 3 rings (SSSR count). The number of non-ortho nitro benzene ring substituents is 1. The molecule has 1 aromatic heterocycles. The molecule has 7 heteroatoms. The number of aryl methyl sites for hydroxylation is 1. The van der Waals surface area contributed by atoms with Gasteiger partial charge in [-0.1, -0.05) is 12.1 Å². The second kappa shape index (κ2) is 7.49. The SMILES string of the molecule is CCN(Cc1cccc([N+](=O)[O-])c1)C(=O)c1c(C)oc2ccc(OC)cc12. The van der Waals surface area contributed by atoms with E-state index in [-0.39, 0.29) is 18.1 Å². The van der Waals surface area contributed by atoms with E-state index in [2.05, 4.69) is 0 Å². The first kappa shape index (κ1) is 18.4. The number of furan rings is 1. The maximum atomic E-state index is 13.2. The normalized spacial score (nSPS) is 10.8. The summed E-state index contributed by atoms with van der Waals surface area (Å²) in [6, 6.07) is 11.6. The molecule has 0 aliphatic carbocycles. The van der Waals surface area contributed by atoms with E-state index in [0.717, 1.165) is 0 Å². The Morgan fingerprint density at radius 1 is 1.26 bits per heavy atom. The highest BCUT2D eigenvalue weighted by molar-refractivity contribution is 6.07. The number of rotatable bonds is 6. The number of nitrogens with zero attached hydrogens (tertiary/aromatic N) is 2. The lowest BCUT2D eigenvalue weighted by Gasteiger charge is -2.21. The molecule has 1 amide bonds. The van der Waals surface area contributed by atoms with Crippen molar-refractivity contribution in [2.45, 2.75) is 20.4 Å². The molecule has 0 aliphatic heterocycles. The average molecular weight is 368 g/mol. The number of nitro groups is 1. The third kappa shape index (κ3) is 3.62. The van der Waals surface area contributed by atoms with Crippen LogP contribution in [0.25, 0.3) is 11.0 Å². The smallest absolute Gasteiger partial charge is 0.269 e. The number of amides is 1. The summed E-state index contributed by atoms with van der Waals surface area (Å²) in [5.74, 6) is 0.980. The van der Waals surface area contributed by atoms with E-state index in [1.54, 1.807) is 49.3 Å². The number of carbonyl (C=O) groups is 1. The number of nitro benzene ring substituents is 1. The Kier molecular flexibility index (Phi) is 5.12. The molecule has 140 valence electrons. The lowest BCUT2D eigenvalue weighted by molar-refractivity contribution is -0.384. The first-order valence-electron chi connectivity index (χ1n) is 8.54. The molecule has 0 saturated carbocycles. The Labute approximate surface area is 156 Å². The van der Waals surface area contributed by atoms with Crippen LogP contribution < -0.4 is 4.74 Å². The Hall–Kier alpha value is -3.35. The summed E-state index contributed by atoms with van der Waals surface area (Å²) in [6.07, 6.45) is 0. The predicted molar refractivity (Wildman–Crippen MR) is 101 cm³/mol. The fourth-order valence-corrected chi connectivity index (χ4v) is 3.07. The lowest BCUT2D eigenvalue weighted by atomic mass is 10.1. The average Bonchev–Trinajstić information content (AvgIpc) is 3.00. The topological polar surface area (TPSA) is 85.8 Å². The second-order valence-electron chi connectivity index (χ2n) is 6.14. The molecule has 0 fully saturated rings. The molecule has 0 bridgehead atoms. The van der Waals surface area contributed by atoms with Gasteiger partial charge in [0.15, 0.2) is 0 Å². The van der Waals surface area contributed by atoms with E-state index in [0.29, 0.717) is 40.2 Å². The molecule has 27 heavy (non-hydrogen) atoms. The minimum absolute atomic E-state index is 0.00526. The molecule has 0 saturated heterocycles. The van der Waals surface area contributed by atoms with Crippen LogP contribution in [0, 0.1) is 17.0 Å². The molecular formula is C20H20N2O5. The molecule has 0 radical (unpaired) electrons. The maximum absolute atomic E-state index is 13.2. The van der Waals surface area contributed by atoms with E-state index >= 15 is 0 Å². The second-order valence-corrected chi connectivity index (χ2v) is 6.14. The van der Waals surface area contributed by atoms with Gasteiger partial charge in [0.1, 0.15) is 17.1 Å². The zero-order valence-electron chi connectivity index (χ0n) is 15.4. The van der Waals surface area contributed by atoms with Gasteiger partial charge in [-0.25, -0.2) is 0 Å². The van der Waals surface area contributed by atoms with Gasteiger partial charge in [-0.3, -0.25) is 14.9 Å². The van der Waals surface area contributed by atoms with Gasteiger partial charge in [0.25, 0.3) is 11.6 Å². The number of carbonyl (C=O) groups excluding carboxylic acids is 1. The highest BCUT2D eigenvalue weighted by Crippen LogP contribution is 2.30. The van der Waals surface area contributed by atoms with Crippen molar-refractivity contribution >= 4 is 22.6 Å². The van der Waals surface area contributed by atoms with Gasteiger partial charge in [-0.15, -0.1) is 0 Å². The van der Waals surface area contributed by atoms with Crippen molar-refractivity contribution in [2.75, 3.05) is 13.7 Å². The molecule has 2 aromatic carbocycles. The van der Waals surface area contributed by atoms with Crippen molar-refractivity contribution in [2.24, 2.45) is 0 Å². The van der Waals surface area contributed by atoms with Crippen LogP contribution in [0.2, 0.25) is 0 Å². The number of fused-ring (bicyclic) bond motifs is 1. The Balaban J connectivity index is 1.95. The summed E-state index contributed by atoms with van der Waals surface area (Å²) in [4.78, 5) is 25.4. The van der Waals surface area contributed by atoms with Crippen LogP contribution in [-0.4, -0.2) is 29.4 Å². The van der Waals surface area contributed by atoms with E-state index < -0.39 is 4.92 Å². The predicted octanol–water partition coefficient (Wildman–Crippen LogP) is 4.32. The Morgan fingerprint density at radius 2 is 2.04 bits per heavy atom. The highest BCUT2D eigenvalue weighted by atomic mass is 16.6. The van der Waals surface area contributed by atoms with E-state index in [9.17, 15) is 14.9 Å². The fraction of sp³-hybridized carbons (Fsp3) is 0.250. The third-order valence-corrected chi connectivity index (χ3v) is 4.45. The van der Waals surface area contributed by atoms with Crippen molar-refractivity contribution < 1.29 is 18.9 Å². The largest absolute Gasteiger partial charge is 0.497 e. The highest BCUT2D eigenvalue weighted by Gasteiger charge is 2.23. The van der Waals surface area contributed by atoms with Crippen molar-refractivity contribution in [3.05, 3.63) is 69.5 Å². The van der Waals surface area contributed by atoms with Gasteiger partial charge in [-0.05, 0) is 37.6 Å². The molecule has 1 heterocycles. The van der Waals surface area contributed by atoms with Crippen LogP contribution in [0.5, 0.6) is 5.75 Å². The molecule has 0 atom stereocenters. The van der Waals surface area contributed by atoms with Crippen LogP contribution in [0.4, 0.5) is 5.69 Å². The Morgan fingerprint density at radius 3 is 2.70 bits per heavy atom. The van der Waals surface area contributed by atoms with Gasteiger partial charge >= 0.3 is 0 Å². The number of hydrogen-bond acceptors (Lipinski definition) is 5. The molecule has 7 nitrogen and oxygen atoms in total. The van der Waals surface area contributed by atoms with Crippen molar-refractivity contribution in [1.82, 2.24) is 4.90 Å². The first-order valence-corrected chi connectivity index (χ1v) is 8.54. The van der Waals surface area contributed by atoms with Gasteiger partial charge in [0.05, 0.1) is 17.6 Å². The van der Waals surface area contributed by atoms with Crippen LogP contribution in [-0.2, 0) is 6.54 Å². The van der Waals surface area contributed by atoms with Crippen molar-refractivity contribution in [3.8, 4) is 5.75 Å². The Bertz CT molecular complexity index is 1010. The lowest BCUT2D eigenvalue weighted by Crippen LogP contribution is -2.30. The van der Waals surface area contributed by atoms with Crippen molar-refractivity contribution in [1.29, 1.82) is 0 Å². The van der Waals surface area contributed by atoms with Crippen LogP contribution in [0.15, 0.2) is 46.9 Å². The summed E-state index contributed by atoms with van der Waals surface area (Å²) in [5.41, 5.74) is 1.80. The zero-order chi connectivity index (χ0) is 19.6. The monoisotopic (exact) mass is 368 g/mol. The van der Waals surface area contributed by atoms with E-state index in [1.165, 1.54) is 12.1 Å². The van der Waals surface area contributed by atoms with E-state index in [4.69, 9.17) is 9.15 Å². The van der Waals surface area contributed by atoms with Gasteiger partial charge in [0, 0.05) is 30.6 Å². The summed E-state index contributed by atoms with van der Waals surface area (Å²) in [6.45, 7) is 4.35. The van der Waals surface area contributed by atoms with Crippen LogP contribution in [0.1, 0.15) is 28.6 Å². The first-order chi connectivity index (χ1) is 12.9. The van der Waals surface area contributed by atoms with Crippen LogP contribution >= 0.6 is 0 Å².